The van der Waals surface area contributed by atoms with E-state index < -0.39 is 83.4 Å². The standard InChI is InChI=1S/C22H29Br2IO13/c1-9(26)31-7-15-16(24)18(33-11(3)28)19(34-12(4)29)21(36-15)38-22(8-23)20(35-13(5)30)17(32-10(2)27)14(6-25)37-22/h14-21H,6-8H2,1-5H3/t14-,15-,16-,17-,18+,19-,20+,21-,22+/m1/s1. The van der Waals surface area contributed by atoms with Gasteiger partial charge in [-0.15, -0.1) is 0 Å². The van der Waals surface area contributed by atoms with E-state index in [4.69, 9.17) is 37.9 Å². The minimum atomic E-state index is -1.81. The molecule has 0 aromatic rings. The molecule has 2 aliphatic heterocycles. The summed E-state index contributed by atoms with van der Waals surface area (Å²) in [4.78, 5) is 58.5. The van der Waals surface area contributed by atoms with Crippen LogP contribution in [0.3, 0.4) is 0 Å². The maximum atomic E-state index is 12.0. The average molecular weight is 788 g/mol. The lowest BCUT2D eigenvalue weighted by Crippen LogP contribution is -2.63. The molecule has 2 fully saturated rings. The van der Waals surface area contributed by atoms with Gasteiger partial charge < -0.3 is 37.9 Å². The molecule has 216 valence electrons. The first-order chi connectivity index (χ1) is 17.7. The van der Waals surface area contributed by atoms with Gasteiger partial charge >= 0.3 is 29.8 Å². The van der Waals surface area contributed by atoms with E-state index in [0.29, 0.717) is 4.43 Å². The van der Waals surface area contributed by atoms with Crippen LogP contribution in [0.1, 0.15) is 34.6 Å². The molecule has 0 bridgehead atoms. The molecule has 2 rings (SSSR count). The van der Waals surface area contributed by atoms with Gasteiger partial charge in [-0.1, -0.05) is 54.5 Å². The van der Waals surface area contributed by atoms with Crippen molar-refractivity contribution in [1.29, 1.82) is 0 Å². The molecule has 38 heavy (non-hydrogen) atoms. The molecular weight excluding hydrogens is 759 g/mol. The van der Waals surface area contributed by atoms with Gasteiger partial charge in [-0.05, 0) is 0 Å². The third-order valence-electron chi connectivity index (χ3n) is 5.32. The van der Waals surface area contributed by atoms with Gasteiger partial charge in [0.05, 0.1) is 10.2 Å². The van der Waals surface area contributed by atoms with Crippen LogP contribution in [0, 0.1) is 0 Å². The summed E-state index contributed by atoms with van der Waals surface area (Å²) in [6, 6.07) is 0. The Morgan fingerprint density at radius 3 is 1.79 bits per heavy atom. The molecule has 9 atom stereocenters. The highest BCUT2D eigenvalue weighted by Gasteiger charge is 2.62. The van der Waals surface area contributed by atoms with Crippen molar-refractivity contribution in [2.75, 3.05) is 16.4 Å². The van der Waals surface area contributed by atoms with Gasteiger partial charge in [0.25, 0.3) is 0 Å². The zero-order valence-corrected chi connectivity index (χ0v) is 26.5. The number of halogens is 3. The van der Waals surface area contributed by atoms with Crippen LogP contribution >= 0.6 is 54.5 Å². The molecule has 0 spiro atoms. The van der Waals surface area contributed by atoms with Crippen molar-refractivity contribution in [3.8, 4) is 0 Å². The number of hydrogen-bond donors (Lipinski definition) is 0. The van der Waals surface area contributed by atoms with Crippen molar-refractivity contribution in [2.24, 2.45) is 0 Å². The molecule has 2 aliphatic rings. The first-order valence-corrected chi connectivity index (χ1v) is 14.9. The van der Waals surface area contributed by atoms with Crippen LogP contribution in [0.25, 0.3) is 0 Å². The van der Waals surface area contributed by atoms with Gasteiger partial charge in [0.2, 0.25) is 12.1 Å². The predicted octanol–water partition coefficient (Wildman–Crippen LogP) is 1.71. The summed E-state index contributed by atoms with van der Waals surface area (Å²) >= 11 is 8.74. The van der Waals surface area contributed by atoms with Crippen molar-refractivity contribution in [1.82, 2.24) is 0 Å². The van der Waals surface area contributed by atoms with E-state index in [-0.39, 0.29) is 11.9 Å². The number of carbonyl (C=O) groups is 5. The van der Waals surface area contributed by atoms with Crippen LogP contribution in [-0.2, 0) is 61.9 Å². The normalized spacial score (nSPS) is 34.6. The van der Waals surface area contributed by atoms with E-state index >= 15 is 0 Å². The summed E-state index contributed by atoms with van der Waals surface area (Å²) in [5, 5.41) is -0.111. The fourth-order valence-corrected chi connectivity index (χ4v) is 5.94. The molecule has 13 nitrogen and oxygen atoms in total. The lowest BCUT2D eigenvalue weighted by molar-refractivity contribution is -0.357. The predicted molar refractivity (Wildman–Crippen MR) is 142 cm³/mol. The molecule has 0 amide bonds. The number of ether oxygens (including phenoxy) is 8. The maximum Gasteiger partial charge on any atom is 0.303 e. The average Bonchev–Trinajstić information content (AvgIpc) is 3.08. The number of alkyl halides is 3. The lowest BCUT2D eigenvalue weighted by atomic mass is 10.0. The smallest absolute Gasteiger partial charge is 0.303 e. The van der Waals surface area contributed by atoms with Crippen LogP contribution in [-0.4, -0.2) is 99.7 Å². The Morgan fingerprint density at radius 1 is 0.789 bits per heavy atom. The molecular formula is C22H29Br2IO13. The van der Waals surface area contributed by atoms with Gasteiger partial charge in [0.15, 0.2) is 24.4 Å². The van der Waals surface area contributed by atoms with Crippen molar-refractivity contribution < 1.29 is 61.9 Å². The summed E-state index contributed by atoms with van der Waals surface area (Å²) in [7, 11) is 0. The van der Waals surface area contributed by atoms with Gasteiger partial charge in [0.1, 0.15) is 18.8 Å². The topological polar surface area (TPSA) is 159 Å². The van der Waals surface area contributed by atoms with Crippen LogP contribution in [0.5, 0.6) is 0 Å². The third kappa shape index (κ3) is 8.46. The monoisotopic (exact) mass is 786 g/mol. The van der Waals surface area contributed by atoms with E-state index in [1.807, 2.05) is 22.6 Å². The molecule has 0 radical (unpaired) electrons. The second-order valence-electron chi connectivity index (χ2n) is 8.42. The molecule has 2 heterocycles. The molecule has 0 N–H and O–H groups in total. The lowest BCUT2D eigenvalue weighted by Gasteiger charge is -2.45. The Hall–Kier alpha value is -1.08. The molecule has 16 heteroatoms. The quantitative estimate of drug-likeness (QED) is 0.137. The van der Waals surface area contributed by atoms with Gasteiger partial charge in [-0.2, -0.15) is 0 Å². The van der Waals surface area contributed by atoms with E-state index in [1.165, 1.54) is 27.7 Å². The summed E-state index contributed by atoms with van der Waals surface area (Å²) in [6.45, 7) is 5.62. The first-order valence-electron chi connectivity index (χ1n) is 11.3. The summed E-state index contributed by atoms with van der Waals surface area (Å²) < 4.78 is 45.7. The Kier molecular flexibility index (Phi) is 12.7. The fourth-order valence-electron chi connectivity index (χ4n) is 3.99. The molecule has 0 aromatic heterocycles. The highest BCUT2D eigenvalue weighted by atomic mass is 127. The number of rotatable bonds is 10. The van der Waals surface area contributed by atoms with Crippen molar-refractivity contribution in [2.45, 2.75) is 88.1 Å². The van der Waals surface area contributed by atoms with Crippen LogP contribution in [0.15, 0.2) is 0 Å². The molecule has 0 aromatic carbocycles. The number of esters is 5. The summed E-state index contributed by atoms with van der Waals surface area (Å²) in [5.41, 5.74) is 0. The molecule has 0 aliphatic carbocycles. The zero-order valence-electron chi connectivity index (χ0n) is 21.2. The van der Waals surface area contributed by atoms with E-state index in [2.05, 4.69) is 31.9 Å². The molecule has 2 saturated heterocycles. The summed E-state index contributed by atoms with van der Waals surface area (Å²) in [5.74, 6) is -5.16. The Balaban J connectivity index is 2.55. The first kappa shape index (κ1) is 33.1. The second kappa shape index (κ2) is 14.5. The molecule has 0 saturated carbocycles. The van der Waals surface area contributed by atoms with Gasteiger partial charge in [-0.25, -0.2) is 0 Å². The van der Waals surface area contributed by atoms with E-state index in [1.54, 1.807) is 0 Å². The van der Waals surface area contributed by atoms with Crippen LogP contribution in [0.4, 0.5) is 0 Å². The van der Waals surface area contributed by atoms with Crippen molar-refractivity contribution in [3.05, 3.63) is 0 Å². The van der Waals surface area contributed by atoms with E-state index in [0.717, 1.165) is 6.92 Å². The minimum absolute atomic E-state index is 0.111. The van der Waals surface area contributed by atoms with Gasteiger partial charge in [0, 0.05) is 39.0 Å². The Bertz CT molecular complexity index is 904. The minimum Gasteiger partial charge on any atom is -0.463 e. The largest absolute Gasteiger partial charge is 0.463 e. The van der Waals surface area contributed by atoms with Crippen molar-refractivity contribution in [3.63, 3.8) is 0 Å². The molecule has 0 unspecified atom stereocenters. The zero-order chi connectivity index (χ0) is 28.8. The van der Waals surface area contributed by atoms with E-state index in [9.17, 15) is 24.0 Å². The van der Waals surface area contributed by atoms with Crippen molar-refractivity contribution >= 4 is 84.3 Å². The highest BCUT2D eigenvalue weighted by molar-refractivity contribution is 14.1. The fraction of sp³-hybridized carbons (Fsp3) is 0.773. The highest BCUT2D eigenvalue weighted by Crippen LogP contribution is 2.42. The number of hydrogen-bond acceptors (Lipinski definition) is 13. The van der Waals surface area contributed by atoms with Crippen LogP contribution in [0.2, 0.25) is 0 Å². The summed E-state index contributed by atoms with van der Waals surface area (Å²) in [6.07, 6.45) is -8.00. The van der Waals surface area contributed by atoms with Crippen LogP contribution < -0.4 is 0 Å². The second-order valence-corrected chi connectivity index (χ2v) is 10.9. The Labute approximate surface area is 249 Å². The number of carbonyl (C=O) groups excluding carboxylic acids is 5. The third-order valence-corrected chi connectivity index (χ3v) is 8.08. The maximum absolute atomic E-state index is 12.0. The van der Waals surface area contributed by atoms with Gasteiger partial charge in [-0.3, -0.25) is 24.0 Å². The Morgan fingerprint density at radius 2 is 1.32 bits per heavy atom. The SMILES string of the molecule is CC(=O)OC[C@H]1O[C@H](O[C@]2(CBr)O[C@H](CI)[C@@H](OC(C)=O)[C@@H]2OC(C)=O)[C@H](OC(C)=O)[C@@H](OC(C)=O)[C@@H]1Br.